The van der Waals surface area contributed by atoms with Gasteiger partial charge in [-0.05, 0) is 18.4 Å². The van der Waals surface area contributed by atoms with Gasteiger partial charge in [0.15, 0.2) is 18.4 Å². The topological polar surface area (TPSA) is 54.0 Å². The first kappa shape index (κ1) is 12.3. The summed E-state index contributed by atoms with van der Waals surface area (Å²) in [5.41, 5.74) is 1.21. The smallest absolute Gasteiger partial charge is 0.168 e. The summed E-state index contributed by atoms with van der Waals surface area (Å²) >= 11 is 0. The number of hydrogen-bond acceptors (Lipinski definition) is 5. The zero-order valence-electron chi connectivity index (χ0n) is 10.3. The first-order valence-electron chi connectivity index (χ1n) is 6.42. The number of rotatable bonds is 0. The maximum atomic E-state index is 10.9. The third-order valence-corrected chi connectivity index (χ3v) is 3.84. The van der Waals surface area contributed by atoms with Crippen LogP contribution >= 0.6 is 0 Å². The predicted octanol–water partition coefficient (Wildman–Crippen LogP) is 0.884. The minimum absolute atomic E-state index is 0.0532. The lowest BCUT2D eigenvalue weighted by molar-refractivity contribution is -0.120. The van der Waals surface area contributed by atoms with Crippen LogP contribution in [0.2, 0.25) is 0 Å². The van der Waals surface area contributed by atoms with Gasteiger partial charge in [-0.2, -0.15) is 0 Å². The molecule has 5 heteroatoms. The van der Waals surface area contributed by atoms with Crippen molar-refractivity contribution in [2.75, 3.05) is 26.4 Å². The lowest BCUT2D eigenvalue weighted by atomic mass is 10.0. The summed E-state index contributed by atoms with van der Waals surface area (Å²) < 4.78 is 20.7. The van der Waals surface area contributed by atoms with E-state index < -0.39 is 0 Å². The van der Waals surface area contributed by atoms with Gasteiger partial charge in [-0.3, -0.25) is 4.79 Å². The van der Waals surface area contributed by atoms with E-state index in [1.54, 1.807) is 0 Å². The van der Waals surface area contributed by atoms with Crippen LogP contribution in [-0.4, -0.2) is 44.8 Å². The van der Waals surface area contributed by atoms with Crippen molar-refractivity contribution < 1.29 is 23.7 Å². The predicted molar refractivity (Wildman–Crippen MR) is 61.7 cm³/mol. The van der Waals surface area contributed by atoms with E-state index in [4.69, 9.17) is 18.9 Å². The summed E-state index contributed by atoms with van der Waals surface area (Å²) in [4.78, 5) is 10.9. The molecule has 0 aromatic carbocycles. The Balaban J connectivity index is 0.000000111. The fraction of sp³-hybridized carbons (Fsp3) is 0.769. The van der Waals surface area contributed by atoms with Crippen molar-refractivity contribution in [3.05, 3.63) is 12.2 Å². The monoisotopic (exact) mass is 254 g/mol. The van der Waals surface area contributed by atoms with Crippen molar-refractivity contribution in [2.24, 2.45) is 11.8 Å². The number of Topliss-reactive ketones (excluding diaryl/α,β-unsaturated/α-hetero) is 1. The van der Waals surface area contributed by atoms with E-state index in [0.717, 1.165) is 19.4 Å². The maximum absolute atomic E-state index is 10.9. The van der Waals surface area contributed by atoms with Crippen molar-refractivity contribution in [2.45, 2.75) is 25.4 Å². The lowest BCUT2D eigenvalue weighted by Gasteiger charge is -2.04. The Morgan fingerprint density at radius 1 is 0.889 bits per heavy atom. The van der Waals surface area contributed by atoms with Crippen LogP contribution in [0.25, 0.3) is 0 Å². The number of hydrogen-bond donors (Lipinski definition) is 0. The Kier molecular flexibility index (Phi) is 3.48. The molecule has 0 aromatic rings. The van der Waals surface area contributed by atoms with Gasteiger partial charge in [0, 0.05) is 5.92 Å². The summed E-state index contributed by atoms with van der Waals surface area (Å²) in [7, 11) is 0. The van der Waals surface area contributed by atoms with E-state index in [0.29, 0.717) is 19.1 Å². The average Bonchev–Trinajstić information content (AvgIpc) is 3.06. The van der Waals surface area contributed by atoms with Crippen LogP contribution in [0.3, 0.4) is 0 Å². The van der Waals surface area contributed by atoms with Gasteiger partial charge in [0.1, 0.15) is 6.61 Å². The van der Waals surface area contributed by atoms with Crippen LogP contribution in [0.1, 0.15) is 12.8 Å². The molecule has 18 heavy (non-hydrogen) atoms. The lowest BCUT2D eigenvalue weighted by Crippen LogP contribution is -2.13. The Hall–Kier alpha value is -0.750. The molecule has 0 N–H and O–H groups in total. The van der Waals surface area contributed by atoms with E-state index >= 15 is 0 Å². The maximum Gasteiger partial charge on any atom is 0.168 e. The van der Waals surface area contributed by atoms with Gasteiger partial charge in [0.25, 0.3) is 0 Å². The summed E-state index contributed by atoms with van der Waals surface area (Å²) in [6.07, 6.45) is 1.81. The fourth-order valence-electron chi connectivity index (χ4n) is 2.73. The number of carbonyl (C=O) groups is 1. The first-order chi connectivity index (χ1) is 8.75. The third kappa shape index (κ3) is 2.23. The summed E-state index contributed by atoms with van der Waals surface area (Å²) in [6, 6.07) is 0. The van der Waals surface area contributed by atoms with E-state index in [2.05, 4.69) is 6.58 Å². The highest BCUT2D eigenvalue weighted by molar-refractivity contribution is 5.84. The molecule has 0 saturated carbocycles. The summed E-state index contributed by atoms with van der Waals surface area (Å²) in [5.74, 6) is 0.771. The van der Waals surface area contributed by atoms with Gasteiger partial charge < -0.3 is 18.9 Å². The van der Waals surface area contributed by atoms with Crippen molar-refractivity contribution in [3.8, 4) is 0 Å². The minimum Gasteiger partial charge on any atom is -0.352 e. The molecule has 4 unspecified atom stereocenters. The molecule has 5 nitrogen and oxygen atoms in total. The molecular weight excluding hydrogens is 236 g/mol. The van der Waals surface area contributed by atoms with E-state index in [-0.39, 0.29) is 30.9 Å². The largest absolute Gasteiger partial charge is 0.352 e. The second-order valence-corrected chi connectivity index (χ2v) is 5.02. The molecule has 4 aliphatic rings. The van der Waals surface area contributed by atoms with Crippen LogP contribution in [0.15, 0.2) is 12.2 Å². The SMILES string of the molecule is C=C1COC2OCCC12.O=C1COC2OCCC12. The fourth-order valence-corrected chi connectivity index (χ4v) is 2.73. The molecule has 4 fully saturated rings. The number of carbonyl (C=O) groups excluding carboxylic acids is 1. The quantitative estimate of drug-likeness (QED) is 0.601. The number of ketones is 1. The second-order valence-electron chi connectivity index (χ2n) is 5.02. The molecule has 0 spiro atoms. The highest BCUT2D eigenvalue weighted by Crippen LogP contribution is 2.33. The standard InChI is InChI=1S/C7H10O2.C6H8O3/c1-5-4-9-7-6(5)2-3-8-7;7-5-3-9-6-4(5)1-2-8-6/h6-7H,1-4H2;4,6H,1-3H2. The molecule has 4 saturated heterocycles. The van der Waals surface area contributed by atoms with Gasteiger partial charge in [-0.1, -0.05) is 6.58 Å². The molecule has 0 aromatic heterocycles. The van der Waals surface area contributed by atoms with Crippen LogP contribution < -0.4 is 0 Å². The number of ether oxygens (including phenoxy) is 4. The van der Waals surface area contributed by atoms with E-state index in [1.807, 2.05) is 0 Å². The van der Waals surface area contributed by atoms with Crippen molar-refractivity contribution in [1.29, 1.82) is 0 Å². The summed E-state index contributed by atoms with van der Waals surface area (Å²) in [5, 5.41) is 0. The van der Waals surface area contributed by atoms with Crippen molar-refractivity contribution in [3.63, 3.8) is 0 Å². The highest BCUT2D eigenvalue weighted by atomic mass is 16.7. The molecule has 100 valence electrons. The number of fused-ring (bicyclic) bond motifs is 2. The molecule has 4 aliphatic heterocycles. The summed E-state index contributed by atoms with van der Waals surface area (Å²) in [6.45, 7) is 6.38. The van der Waals surface area contributed by atoms with E-state index in [9.17, 15) is 4.79 Å². The molecule has 4 atom stereocenters. The third-order valence-electron chi connectivity index (χ3n) is 3.84. The molecule has 0 radical (unpaired) electrons. The Bertz CT molecular complexity index is 319. The second kappa shape index (κ2) is 5.09. The first-order valence-corrected chi connectivity index (χ1v) is 6.42. The molecule has 4 heterocycles. The molecule has 0 amide bonds. The van der Waals surface area contributed by atoms with Gasteiger partial charge in [0.05, 0.1) is 25.7 Å². The van der Waals surface area contributed by atoms with Gasteiger partial charge in [-0.25, -0.2) is 0 Å². The van der Waals surface area contributed by atoms with Crippen LogP contribution in [0.4, 0.5) is 0 Å². The molecule has 4 rings (SSSR count). The van der Waals surface area contributed by atoms with Gasteiger partial charge in [-0.15, -0.1) is 0 Å². The van der Waals surface area contributed by atoms with Crippen molar-refractivity contribution in [1.82, 2.24) is 0 Å². The molecular formula is C13H18O5. The Morgan fingerprint density at radius 2 is 1.50 bits per heavy atom. The van der Waals surface area contributed by atoms with Crippen LogP contribution in [0.5, 0.6) is 0 Å². The highest BCUT2D eigenvalue weighted by Gasteiger charge is 2.40. The van der Waals surface area contributed by atoms with Crippen LogP contribution in [0, 0.1) is 11.8 Å². The molecule has 0 bridgehead atoms. The van der Waals surface area contributed by atoms with E-state index in [1.165, 1.54) is 5.57 Å². The van der Waals surface area contributed by atoms with Crippen LogP contribution in [-0.2, 0) is 23.7 Å². The van der Waals surface area contributed by atoms with Gasteiger partial charge >= 0.3 is 0 Å². The Morgan fingerprint density at radius 3 is 2.17 bits per heavy atom. The Labute approximate surface area is 106 Å². The zero-order valence-corrected chi connectivity index (χ0v) is 10.3. The minimum atomic E-state index is -0.197. The molecule has 0 aliphatic carbocycles. The van der Waals surface area contributed by atoms with Crippen molar-refractivity contribution >= 4 is 5.78 Å². The van der Waals surface area contributed by atoms with Gasteiger partial charge in [0.2, 0.25) is 0 Å². The average molecular weight is 254 g/mol. The zero-order chi connectivity index (χ0) is 12.5. The normalized spacial score (nSPS) is 41.6.